The summed E-state index contributed by atoms with van der Waals surface area (Å²) in [6.07, 6.45) is 29.6. The van der Waals surface area contributed by atoms with E-state index in [9.17, 15) is 10.2 Å². The Labute approximate surface area is 296 Å². The van der Waals surface area contributed by atoms with Crippen molar-refractivity contribution in [1.29, 1.82) is 0 Å². The second kappa shape index (κ2) is 18.6. The van der Waals surface area contributed by atoms with Crippen LogP contribution in [0.1, 0.15) is 150 Å². The number of hydrogen-bond donors (Lipinski definition) is 2. The van der Waals surface area contributed by atoms with Gasteiger partial charge in [-0.15, -0.1) is 0 Å². The normalized spacial score (nSPS) is 13.3. The summed E-state index contributed by atoms with van der Waals surface area (Å²) in [6.45, 7) is 4.59. The molecule has 1 aliphatic carbocycles. The first-order valence-corrected chi connectivity index (χ1v) is 19.3. The topological polar surface area (TPSA) is 40.5 Å². The minimum atomic E-state index is 0.00226. The summed E-state index contributed by atoms with van der Waals surface area (Å²) in [5.74, 6) is 0.593. The van der Waals surface area contributed by atoms with Crippen molar-refractivity contribution in [3.05, 3.63) is 118 Å². The standard InChI is InChI=1S/C47H58O2/c1-3-5-7-9-11-13-15-33-47(34-16-14-12-10-8-6-4-2)45-35-39(19-17-37-21-27-41(48)28-22-37)25-31-43(45)44-32-26-40(36-46(44)47)20-18-38-23-29-42(49)30-24-38/h17-32,35-36,48-49H,3-16,33-34H2,1-2H3/b19-17+,20-18+. The zero-order valence-electron chi connectivity index (χ0n) is 30.1. The molecule has 0 saturated carbocycles. The number of phenolic OH excluding ortho intramolecular Hbond substituents is 2. The van der Waals surface area contributed by atoms with Crippen molar-refractivity contribution in [2.45, 2.75) is 122 Å². The summed E-state index contributed by atoms with van der Waals surface area (Å²) in [7, 11) is 0. The summed E-state index contributed by atoms with van der Waals surface area (Å²) >= 11 is 0. The average Bonchev–Trinajstić information content (AvgIpc) is 3.38. The van der Waals surface area contributed by atoms with Gasteiger partial charge in [0.25, 0.3) is 0 Å². The van der Waals surface area contributed by atoms with Crippen molar-refractivity contribution in [1.82, 2.24) is 0 Å². The van der Waals surface area contributed by atoms with E-state index in [-0.39, 0.29) is 5.41 Å². The lowest BCUT2D eigenvalue weighted by Gasteiger charge is -2.33. The molecule has 49 heavy (non-hydrogen) atoms. The second-order valence-corrected chi connectivity index (χ2v) is 14.3. The minimum Gasteiger partial charge on any atom is -0.508 e. The highest BCUT2D eigenvalue weighted by atomic mass is 16.3. The highest BCUT2D eigenvalue weighted by Gasteiger charge is 2.42. The van der Waals surface area contributed by atoms with E-state index in [2.05, 4.69) is 74.5 Å². The maximum atomic E-state index is 9.76. The number of hydrogen-bond acceptors (Lipinski definition) is 2. The number of rotatable bonds is 20. The Morgan fingerprint density at radius 3 is 1.12 bits per heavy atom. The number of fused-ring (bicyclic) bond motifs is 3. The van der Waals surface area contributed by atoms with E-state index in [1.165, 1.54) is 136 Å². The molecule has 0 unspecified atom stereocenters. The van der Waals surface area contributed by atoms with Crippen molar-refractivity contribution < 1.29 is 10.2 Å². The third kappa shape index (κ3) is 10.0. The Bertz CT molecular complexity index is 1520. The summed E-state index contributed by atoms with van der Waals surface area (Å²) in [6, 6.07) is 29.1. The zero-order chi connectivity index (χ0) is 34.3. The van der Waals surface area contributed by atoms with Crippen molar-refractivity contribution in [2.24, 2.45) is 0 Å². The molecule has 0 aliphatic heterocycles. The van der Waals surface area contributed by atoms with Gasteiger partial charge < -0.3 is 10.2 Å². The van der Waals surface area contributed by atoms with E-state index in [4.69, 9.17) is 0 Å². The van der Waals surface area contributed by atoms with E-state index in [1.54, 1.807) is 24.3 Å². The molecule has 0 atom stereocenters. The van der Waals surface area contributed by atoms with Gasteiger partial charge in [0, 0.05) is 5.41 Å². The monoisotopic (exact) mass is 654 g/mol. The van der Waals surface area contributed by atoms with Gasteiger partial charge >= 0.3 is 0 Å². The fraction of sp³-hybridized carbons (Fsp3) is 0.404. The molecule has 0 saturated heterocycles. The van der Waals surface area contributed by atoms with E-state index in [1.807, 2.05) is 24.3 Å². The van der Waals surface area contributed by atoms with Crippen LogP contribution in [0.25, 0.3) is 35.4 Å². The fourth-order valence-corrected chi connectivity index (χ4v) is 7.72. The lowest BCUT2D eigenvalue weighted by atomic mass is 9.70. The molecular weight excluding hydrogens is 597 g/mol. The molecule has 2 N–H and O–H groups in total. The Balaban J connectivity index is 1.48. The Morgan fingerprint density at radius 1 is 0.408 bits per heavy atom. The van der Waals surface area contributed by atoms with Crippen LogP contribution >= 0.6 is 0 Å². The van der Waals surface area contributed by atoms with Crippen LogP contribution in [-0.2, 0) is 5.41 Å². The molecule has 5 rings (SSSR count). The van der Waals surface area contributed by atoms with Gasteiger partial charge in [-0.1, -0.05) is 189 Å². The van der Waals surface area contributed by atoms with Crippen LogP contribution in [0.2, 0.25) is 0 Å². The lowest BCUT2D eigenvalue weighted by Crippen LogP contribution is -2.25. The fourth-order valence-electron chi connectivity index (χ4n) is 7.72. The molecule has 0 spiro atoms. The van der Waals surface area contributed by atoms with Crippen LogP contribution in [0, 0.1) is 0 Å². The molecule has 0 radical (unpaired) electrons. The zero-order valence-corrected chi connectivity index (χ0v) is 30.1. The SMILES string of the molecule is CCCCCCCCCC1(CCCCCCCCC)c2cc(/C=C/c3ccc(O)cc3)ccc2-c2ccc(/C=C/c3ccc(O)cc3)cc21. The van der Waals surface area contributed by atoms with Gasteiger partial charge in [-0.25, -0.2) is 0 Å². The van der Waals surface area contributed by atoms with Gasteiger partial charge in [-0.2, -0.15) is 0 Å². The van der Waals surface area contributed by atoms with E-state index < -0.39 is 0 Å². The van der Waals surface area contributed by atoms with Gasteiger partial charge in [0.1, 0.15) is 11.5 Å². The molecule has 4 aromatic carbocycles. The van der Waals surface area contributed by atoms with Crippen LogP contribution in [-0.4, -0.2) is 10.2 Å². The lowest BCUT2D eigenvalue weighted by molar-refractivity contribution is 0.397. The van der Waals surface area contributed by atoms with Crippen LogP contribution in [0.4, 0.5) is 0 Å². The first-order valence-electron chi connectivity index (χ1n) is 19.3. The summed E-state index contributed by atoms with van der Waals surface area (Å²) in [4.78, 5) is 0. The first kappa shape index (κ1) is 36.2. The minimum absolute atomic E-state index is 0.00226. The highest BCUT2D eigenvalue weighted by Crippen LogP contribution is 2.55. The smallest absolute Gasteiger partial charge is 0.115 e. The van der Waals surface area contributed by atoms with Gasteiger partial charge in [0.2, 0.25) is 0 Å². The molecular formula is C47H58O2. The van der Waals surface area contributed by atoms with Crippen molar-refractivity contribution in [3.8, 4) is 22.6 Å². The Morgan fingerprint density at radius 2 is 0.735 bits per heavy atom. The van der Waals surface area contributed by atoms with Crippen molar-refractivity contribution >= 4 is 24.3 Å². The largest absolute Gasteiger partial charge is 0.508 e. The molecule has 4 aromatic rings. The molecule has 0 fully saturated rings. The van der Waals surface area contributed by atoms with Gasteiger partial charge in [0.15, 0.2) is 0 Å². The van der Waals surface area contributed by atoms with Crippen molar-refractivity contribution in [2.75, 3.05) is 0 Å². The quantitative estimate of drug-likeness (QED) is 0.0735. The van der Waals surface area contributed by atoms with Crippen molar-refractivity contribution in [3.63, 3.8) is 0 Å². The van der Waals surface area contributed by atoms with E-state index in [0.717, 1.165) is 11.1 Å². The van der Waals surface area contributed by atoms with Crippen LogP contribution < -0.4 is 0 Å². The molecule has 2 heteroatoms. The van der Waals surface area contributed by atoms with Gasteiger partial charge in [0.05, 0.1) is 0 Å². The Hall–Kier alpha value is -4.04. The van der Waals surface area contributed by atoms with Crippen LogP contribution in [0.15, 0.2) is 84.9 Å². The number of aromatic hydroxyl groups is 2. The summed E-state index contributed by atoms with van der Waals surface area (Å²) in [5.41, 5.74) is 10.5. The first-order chi connectivity index (χ1) is 24.0. The molecule has 2 nitrogen and oxygen atoms in total. The van der Waals surface area contributed by atoms with E-state index in [0.29, 0.717) is 11.5 Å². The average molecular weight is 655 g/mol. The molecule has 0 aromatic heterocycles. The Kier molecular flexibility index (Phi) is 13.8. The predicted molar refractivity (Wildman–Crippen MR) is 212 cm³/mol. The molecule has 258 valence electrons. The van der Waals surface area contributed by atoms with Gasteiger partial charge in [-0.05, 0) is 81.6 Å². The molecule has 1 aliphatic rings. The summed E-state index contributed by atoms with van der Waals surface area (Å²) < 4.78 is 0. The number of benzene rings is 4. The van der Waals surface area contributed by atoms with Gasteiger partial charge in [-0.3, -0.25) is 0 Å². The maximum Gasteiger partial charge on any atom is 0.115 e. The number of phenols is 2. The summed E-state index contributed by atoms with van der Waals surface area (Å²) in [5, 5.41) is 19.5. The third-order valence-corrected chi connectivity index (χ3v) is 10.5. The highest BCUT2D eigenvalue weighted by molar-refractivity contribution is 5.85. The maximum absolute atomic E-state index is 9.76. The van der Waals surface area contributed by atoms with Crippen LogP contribution in [0.3, 0.4) is 0 Å². The molecule has 0 heterocycles. The predicted octanol–water partition coefficient (Wildman–Crippen LogP) is 14.0. The molecule has 0 amide bonds. The third-order valence-electron chi connectivity index (χ3n) is 10.5. The molecule has 0 bridgehead atoms. The van der Waals surface area contributed by atoms with Crippen LogP contribution in [0.5, 0.6) is 11.5 Å². The second-order valence-electron chi connectivity index (χ2n) is 14.3. The number of unbranched alkanes of at least 4 members (excludes halogenated alkanes) is 12. The van der Waals surface area contributed by atoms with E-state index >= 15 is 0 Å².